The maximum Gasteiger partial charge on any atom is 0.231 e. The molecule has 0 spiro atoms. The summed E-state index contributed by atoms with van der Waals surface area (Å²) in [5, 5.41) is 9.33. The number of hydrogen-bond acceptors (Lipinski definition) is 6. The molecule has 1 saturated heterocycles. The van der Waals surface area contributed by atoms with Crippen LogP contribution in [0.25, 0.3) is 0 Å². The van der Waals surface area contributed by atoms with Gasteiger partial charge in [0.1, 0.15) is 11.9 Å². The fourth-order valence-electron chi connectivity index (χ4n) is 3.18. The topological polar surface area (TPSA) is 61.6 Å². The molecule has 1 fully saturated rings. The molecule has 7 heteroatoms. The molecular formula is C18H17BrN4O2. The van der Waals surface area contributed by atoms with Crippen LogP contribution in [-0.2, 0) is 6.54 Å². The minimum atomic E-state index is 0.304. The third kappa shape index (κ3) is 3.41. The first-order valence-electron chi connectivity index (χ1n) is 8.14. The molecule has 0 bridgehead atoms. The van der Waals surface area contributed by atoms with Gasteiger partial charge in [0.05, 0.1) is 5.56 Å². The quantitative estimate of drug-likeness (QED) is 0.789. The van der Waals surface area contributed by atoms with Crippen molar-refractivity contribution in [2.24, 2.45) is 0 Å². The highest BCUT2D eigenvalue weighted by atomic mass is 79.9. The average molecular weight is 401 g/mol. The van der Waals surface area contributed by atoms with Gasteiger partial charge in [-0.3, -0.25) is 4.90 Å². The van der Waals surface area contributed by atoms with Crippen molar-refractivity contribution in [3.8, 4) is 17.6 Å². The lowest BCUT2D eigenvalue weighted by atomic mass is 10.1. The summed E-state index contributed by atoms with van der Waals surface area (Å²) in [6.45, 7) is 4.75. The highest BCUT2D eigenvalue weighted by molar-refractivity contribution is 9.10. The molecule has 25 heavy (non-hydrogen) atoms. The van der Waals surface area contributed by atoms with Gasteiger partial charge in [0.25, 0.3) is 0 Å². The number of piperazine rings is 1. The molecule has 0 radical (unpaired) electrons. The first-order chi connectivity index (χ1) is 12.2. The van der Waals surface area contributed by atoms with Gasteiger partial charge in [-0.1, -0.05) is 6.07 Å². The Hall–Kier alpha value is -2.30. The molecule has 0 unspecified atom stereocenters. The van der Waals surface area contributed by atoms with Gasteiger partial charge in [0, 0.05) is 43.4 Å². The Morgan fingerprint density at radius 1 is 1.12 bits per heavy atom. The maximum absolute atomic E-state index is 9.33. The molecule has 0 amide bonds. The highest BCUT2D eigenvalue weighted by Gasteiger charge is 2.21. The molecule has 0 aliphatic carbocycles. The van der Waals surface area contributed by atoms with Crippen LogP contribution in [0, 0.1) is 11.3 Å². The summed E-state index contributed by atoms with van der Waals surface area (Å²) in [4.78, 5) is 9.01. The average Bonchev–Trinajstić information content (AvgIpc) is 3.10. The number of hydrogen-bond donors (Lipinski definition) is 0. The molecule has 3 heterocycles. The fourth-order valence-corrected chi connectivity index (χ4v) is 3.51. The van der Waals surface area contributed by atoms with E-state index in [0.717, 1.165) is 54.5 Å². The fraction of sp³-hybridized carbons (Fsp3) is 0.333. The summed E-state index contributed by atoms with van der Waals surface area (Å²) in [5.74, 6) is 2.42. The minimum absolute atomic E-state index is 0.304. The van der Waals surface area contributed by atoms with E-state index in [1.54, 1.807) is 6.20 Å². The molecule has 2 aliphatic heterocycles. The normalized spacial score (nSPS) is 16.7. The van der Waals surface area contributed by atoms with Gasteiger partial charge in [-0.2, -0.15) is 5.26 Å². The van der Waals surface area contributed by atoms with Crippen LogP contribution in [0.5, 0.6) is 11.5 Å². The van der Waals surface area contributed by atoms with E-state index in [0.29, 0.717) is 12.4 Å². The number of fused-ring (bicyclic) bond motifs is 1. The van der Waals surface area contributed by atoms with Crippen LogP contribution in [0.2, 0.25) is 0 Å². The van der Waals surface area contributed by atoms with Crippen molar-refractivity contribution in [1.29, 1.82) is 5.26 Å². The number of anilines is 1. The third-order valence-corrected chi connectivity index (χ3v) is 4.90. The van der Waals surface area contributed by atoms with Crippen molar-refractivity contribution in [2.75, 3.05) is 37.9 Å². The van der Waals surface area contributed by atoms with Crippen LogP contribution in [0.1, 0.15) is 11.1 Å². The minimum Gasteiger partial charge on any atom is -0.454 e. The Bertz CT molecular complexity index is 828. The predicted molar refractivity (Wildman–Crippen MR) is 96.7 cm³/mol. The second kappa shape index (κ2) is 6.90. The SMILES string of the molecule is N#Cc1cc(Br)cnc1N1CCN(Cc2ccc3c(c2)OCO3)CC1. The molecule has 0 N–H and O–H groups in total. The summed E-state index contributed by atoms with van der Waals surface area (Å²) in [6, 6.07) is 10.2. The number of halogens is 1. The molecule has 0 saturated carbocycles. The molecule has 2 aromatic rings. The Balaban J connectivity index is 1.39. The van der Waals surface area contributed by atoms with Gasteiger partial charge in [0.15, 0.2) is 11.5 Å². The standard InChI is InChI=1S/C18H17BrN4O2/c19-15-8-14(9-20)18(21-10-15)23-5-3-22(4-6-23)11-13-1-2-16-17(7-13)25-12-24-16/h1-2,7-8,10H,3-6,11-12H2. The Kier molecular flexibility index (Phi) is 4.47. The summed E-state index contributed by atoms with van der Waals surface area (Å²) in [7, 11) is 0. The van der Waals surface area contributed by atoms with E-state index in [1.807, 2.05) is 12.1 Å². The van der Waals surface area contributed by atoms with E-state index >= 15 is 0 Å². The van der Waals surface area contributed by atoms with Crippen LogP contribution in [0.4, 0.5) is 5.82 Å². The first-order valence-corrected chi connectivity index (χ1v) is 8.94. The highest BCUT2D eigenvalue weighted by Crippen LogP contribution is 2.33. The molecule has 128 valence electrons. The van der Waals surface area contributed by atoms with Crippen molar-refractivity contribution < 1.29 is 9.47 Å². The van der Waals surface area contributed by atoms with Crippen molar-refractivity contribution in [1.82, 2.24) is 9.88 Å². The summed E-state index contributed by atoms with van der Waals surface area (Å²) < 4.78 is 11.6. The molecule has 6 nitrogen and oxygen atoms in total. The predicted octanol–water partition coefficient (Wildman–Crippen LogP) is 2.77. The number of pyridine rings is 1. The second-order valence-corrected chi connectivity index (χ2v) is 7.00. The molecule has 2 aliphatic rings. The number of rotatable bonds is 3. The van der Waals surface area contributed by atoms with Gasteiger partial charge < -0.3 is 14.4 Å². The Morgan fingerprint density at radius 2 is 1.92 bits per heavy atom. The lowest BCUT2D eigenvalue weighted by molar-refractivity contribution is 0.174. The van der Waals surface area contributed by atoms with Gasteiger partial charge >= 0.3 is 0 Å². The van der Waals surface area contributed by atoms with E-state index in [4.69, 9.17) is 9.47 Å². The second-order valence-electron chi connectivity index (χ2n) is 6.09. The monoisotopic (exact) mass is 400 g/mol. The number of aromatic nitrogens is 1. The van der Waals surface area contributed by atoms with E-state index < -0.39 is 0 Å². The van der Waals surface area contributed by atoms with Crippen LogP contribution >= 0.6 is 15.9 Å². The van der Waals surface area contributed by atoms with E-state index in [1.165, 1.54) is 5.56 Å². The van der Waals surface area contributed by atoms with Crippen LogP contribution in [0.15, 0.2) is 34.9 Å². The summed E-state index contributed by atoms with van der Waals surface area (Å²) in [5.41, 5.74) is 1.83. The van der Waals surface area contributed by atoms with E-state index in [-0.39, 0.29) is 0 Å². The van der Waals surface area contributed by atoms with Crippen molar-refractivity contribution in [3.63, 3.8) is 0 Å². The largest absolute Gasteiger partial charge is 0.454 e. The maximum atomic E-state index is 9.33. The molecular weight excluding hydrogens is 384 g/mol. The van der Waals surface area contributed by atoms with E-state index in [2.05, 4.69) is 48.9 Å². The van der Waals surface area contributed by atoms with Gasteiger partial charge in [-0.15, -0.1) is 0 Å². The smallest absolute Gasteiger partial charge is 0.231 e. The lowest BCUT2D eigenvalue weighted by Crippen LogP contribution is -2.46. The van der Waals surface area contributed by atoms with Crippen molar-refractivity contribution in [3.05, 3.63) is 46.1 Å². The zero-order valence-electron chi connectivity index (χ0n) is 13.6. The van der Waals surface area contributed by atoms with E-state index in [9.17, 15) is 5.26 Å². The zero-order valence-corrected chi connectivity index (χ0v) is 15.2. The number of ether oxygens (including phenoxy) is 2. The zero-order chi connectivity index (χ0) is 17.2. The Morgan fingerprint density at radius 3 is 2.72 bits per heavy atom. The third-order valence-electron chi connectivity index (χ3n) is 4.47. The number of nitriles is 1. The molecule has 4 rings (SSSR count). The van der Waals surface area contributed by atoms with Crippen LogP contribution < -0.4 is 14.4 Å². The van der Waals surface area contributed by atoms with Crippen molar-refractivity contribution in [2.45, 2.75) is 6.54 Å². The van der Waals surface area contributed by atoms with Crippen LogP contribution in [-0.4, -0.2) is 42.9 Å². The lowest BCUT2D eigenvalue weighted by Gasteiger charge is -2.35. The van der Waals surface area contributed by atoms with Gasteiger partial charge in [0.2, 0.25) is 6.79 Å². The Labute approximate surface area is 154 Å². The summed E-state index contributed by atoms with van der Waals surface area (Å²) >= 11 is 3.37. The first kappa shape index (κ1) is 16.2. The molecule has 0 atom stereocenters. The van der Waals surface area contributed by atoms with Crippen molar-refractivity contribution >= 4 is 21.7 Å². The number of nitrogens with zero attached hydrogens (tertiary/aromatic N) is 4. The number of benzene rings is 1. The molecule has 1 aromatic heterocycles. The van der Waals surface area contributed by atoms with Gasteiger partial charge in [-0.25, -0.2) is 4.98 Å². The van der Waals surface area contributed by atoms with Crippen LogP contribution in [0.3, 0.4) is 0 Å². The summed E-state index contributed by atoms with van der Waals surface area (Å²) in [6.07, 6.45) is 1.75. The molecule has 1 aromatic carbocycles. The van der Waals surface area contributed by atoms with Gasteiger partial charge in [-0.05, 0) is 39.7 Å².